The van der Waals surface area contributed by atoms with E-state index in [1.165, 1.54) is 73.9 Å². The van der Waals surface area contributed by atoms with Crippen LogP contribution in [-0.4, -0.2) is 23.0 Å². The van der Waals surface area contributed by atoms with Crippen LogP contribution in [0.4, 0.5) is 0 Å². The molecule has 8 rings (SSSR count). The summed E-state index contributed by atoms with van der Waals surface area (Å²) in [5, 5.41) is 10.5. The first-order chi connectivity index (χ1) is 20.9. The van der Waals surface area contributed by atoms with Gasteiger partial charge in [-0.15, -0.1) is 0 Å². The Bertz CT molecular complexity index is 1310. The van der Waals surface area contributed by atoms with Gasteiger partial charge in [-0.2, -0.15) is 10.2 Å². The first kappa shape index (κ1) is 29.6. The monoisotopic (exact) mass is 596 g/mol. The molecule has 6 saturated carbocycles. The Labute approximate surface area is 266 Å². The van der Waals surface area contributed by atoms with Crippen LogP contribution >= 0.6 is 0 Å². The average Bonchev–Trinajstić information content (AvgIpc) is 3.49. The highest BCUT2D eigenvalue weighted by Crippen LogP contribution is 2.67. The standard InChI is InChI=1S/C40H56N2O2/c1-23-19-27(43)21-25-7-9-29-31-11-13-35(37(31,3)17-15-33(29)39(23,25)5)41-42-36-14-12-32-30-10-8-26-22-28(44)20-24(2)40(26,6)34(30)16-18-38(32,36)4/h21-24,29-34H,7-20H2,1-6H3/b41-35-,42-36-/t23-,24-,29-,30+,31-,32+,33-,34-,37-,38+,39-,40-/m0/s1. The molecule has 0 spiro atoms. The summed E-state index contributed by atoms with van der Waals surface area (Å²) >= 11 is 0. The van der Waals surface area contributed by atoms with Crippen LogP contribution in [0.1, 0.15) is 131 Å². The van der Waals surface area contributed by atoms with Crippen LogP contribution in [0.5, 0.6) is 0 Å². The van der Waals surface area contributed by atoms with Gasteiger partial charge in [0, 0.05) is 35.1 Å². The molecule has 0 amide bonds. The molecule has 0 aromatic carbocycles. The van der Waals surface area contributed by atoms with Gasteiger partial charge in [-0.3, -0.25) is 9.59 Å². The second kappa shape index (κ2) is 9.83. The summed E-state index contributed by atoms with van der Waals surface area (Å²) in [7, 11) is 0. The fourth-order valence-corrected chi connectivity index (χ4v) is 13.9. The average molecular weight is 597 g/mol. The highest BCUT2D eigenvalue weighted by molar-refractivity contribution is 5.96. The lowest BCUT2D eigenvalue weighted by molar-refractivity contribution is -0.120. The Balaban J connectivity index is 1.03. The predicted octanol–water partition coefficient (Wildman–Crippen LogP) is 9.34. The van der Waals surface area contributed by atoms with Gasteiger partial charge >= 0.3 is 0 Å². The smallest absolute Gasteiger partial charge is 0.155 e. The van der Waals surface area contributed by atoms with E-state index in [1.54, 1.807) is 0 Å². The number of ketones is 2. The molecule has 0 bridgehead atoms. The lowest BCUT2D eigenvalue weighted by atomic mass is 9.45. The van der Waals surface area contributed by atoms with Gasteiger partial charge in [-0.05, 0) is 147 Å². The second-order valence-corrected chi connectivity index (χ2v) is 18.0. The van der Waals surface area contributed by atoms with Crippen molar-refractivity contribution in [1.29, 1.82) is 0 Å². The van der Waals surface area contributed by atoms with Crippen molar-refractivity contribution in [2.24, 2.45) is 79.2 Å². The van der Waals surface area contributed by atoms with E-state index in [9.17, 15) is 9.59 Å². The molecule has 0 N–H and O–H groups in total. The number of fused-ring (bicyclic) bond motifs is 10. The number of nitrogens with zero attached hydrogens (tertiary/aromatic N) is 2. The Hall–Kier alpha value is -1.84. The molecule has 0 aliphatic heterocycles. The fraction of sp³-hybridized carbons (Fsp3) is 0.800. The number of carbonyl (C=O) groups excluding carboxylic acids is 2. The molecule has 238 valence electrons. The molecule has 8 aliphatic rings. The van der Waals surface area contributed by atoms with Crippen LogP contribution in [0.15, 0.2) is 33.5 Å². The number of carbonyl (C=O) groups is 2. The van der Waals surface area contributed by atoms with Crippen LogP contribution in [0, 0.1) is 69.0 Å². The van der Waals surface area contributed by atoms with Crippen molar-refractivity contribution in [3.8, 4) is 0 Å². The fourth-order valence-electron chi connectivity index (χ4n) is 13.9. The molecule has 0 heterocycles. The van der Waals surface area contributed by atoms with Gasteiger partial charge in [0.25, 0.3) is 0 Å². The summed E-state index contributed by atoms with van der Waals surface area (Å²) < 4.78 is 0. The van der Waals surface area contributed by atoms with Crippen molar-refractivity contribution in [3.05, 3.63) is 23.3 Å². The Morgan fingerprint density at radius 3 is 1.39 bits per heavy atom. The lowest BCUT2D eigenvalue weighted by Gasteiger charge is -2.59. The number of hydrogen-bond acceptors (Lipinski definition) is 4. The van der Waals surface area contributed by atoms with E-state index in [-0.39, 0.29) is 21.7 Å². The maximum absolute atomic E-state index is 12.4. The minimum absolute atomic E-state index is 0.183. The summed E-state index contributed by atoms with van der Waals surface area (Å²) in [6.45, 7) is 14.8. The first-order valence-electron chi connectivity index (χ1n) is 18.5. The van der Waals surface area contributed by atoms with Gasteiger partial charge in [0.1, 0.15) is 0 Å². The minimum Gasteiger partial charge on any atom is -0.295 e. The summed E-state index contributed by atoms with van der Waals surface area (Å²) in [5.41, 5.74) is 6.49. The summed E-state index contributed by atoms with van der Waals surface area (Å²) in [6, 6.07) is 0. The van der Waals surface area contributed by atoms with Crippen LogP contribution < -0.4 is 0 Å². The molecule has 4 heteroatoms. The van der Waals surface area contributed by atoms with E-state index in [0.717, 1.165) is 50.4 Å². The highest BCUT2D eigenvalue weighted by atomic mass is 16.1. The van der Waals surface area contributed by atoms with Gasteiger partial charge in [0.2, 0.25) is 0 Å². The lowest BCUT2D eigenvalue weighted by Crippen LogP contribution is -2.53. The topological polar surface area (TPSA) is 58.9 Å². The molecule has 8 aliphatic carbocycles. The van der Waals surface area contributed by atoms with Crippen LogP contribution in [0.3, 0.4) is 0 Å². The third-order valence-electron chi connectivity index (χ3n) is 16.8. The highest BCUT2D eigenvalue weighted by Gasteiger charge is 2.61. The molecule has 6 fully saturated rings. The number of allylic oxidation sites excluding steroid dienone is 2. The molecule has 0 unspecified atom stereocenters. The Morgan fingerprint density at radius 2 is 0.977 bits per heavy atom. The van der Waals surface area contributed by atoms with E-state index < -0.39 is 0 Å². The Morgan fingerprint density at radius 1 is 0.568 bits per heavy atom. The summed E-state index contributed by atoms with van der Waals surface area (Å²) in [5.74, 6) is 5.95. The van der Waals surface area contributed by atoms with Crippen molar-refractivity contribution in [2.45, 2.75) is 131 Å². The molecular formula is C40H56N2O2. The molecule has 0 radical (unpaired) electrons. The van der Waals surface area contributed by atoms with Gasteiger partial charge < -0.3 is 0 Å². The van der Waals surface area contributed by atoms with Gasteiger partial charge in [0.05, 0.1) is 0 Å². The first-order valence-corrected chi connectivity index (χ1v) is 18.5. The van der Waals surface area contributed by atoms with E-state index >= 15 is 0 Å². The molecule has 44 heavy (non-hydrogen) atoms. The maximum atomic E-state index is 12.4. The summed E-state index contributed by atoms with van der Waals surface area (Å²) in [6.07, 6.45) is 20.0. The normalized spacial score (nSPS) is 53.2. The van der Waals surface area contributed by atoms with Crippen molar-refractivity contribution >= 4 is 23.0 Å². The van der Waals surface area contributed by atoms with E-state index in [2.05, 4.69) is 41.5 Å². The minimum atomic E-state index is 0.183. The molecule has 12 atom stereocenters. The van der Waals surface area contributed by atoms with Gasteiger partial charge in [-0.1, -0.05) is 52.7 Å². The third-order valence-corrected chi connectivity index (χ3v) is 16.8. The zero-order valence-corrected chi connectivity index (χ0v) is 28.4. The maximum Gasteiger partial charge on any atom is 0.155 e. The van der Waals surface area contributed by atoms with E-state index in [0.29, 0.717) is 47.1 Å². The molecular weight excluding hydrogens is 540 g/mol. The molecule has 0 saturated heterocycles. The van der Waals surface area contributed by atoms with Crippen molar-refractivity contribution in [3.63, 3.8) is 0 Å². The number of hydrogen-bond donors (Lipinski definition) is 0. The third kappa shape index (κ3) is 3.81. The number of rotatable bonds is 1. The quantitative estimate of drug-likeness (QED) is 0.283. The van der Waals surface area contributed by atoms with Gasteiger partial charge in [-0.25, -0.2) is 0 Å². The van der Waals surface area contributed by atoms with E-state index in [4.69, 9.17) is 10.2 Å². The van der Waals surface area contributed by atoms with Crippen molar-refractivity contribution in [1.82, 2.24) is 0 Å². The zero-order chi connectivity index (χ0) is 30.8. The van der Waals surface area contributed by atoms with E-state index in [1.807, 2.05) is 12.2 Å². The van der Waals surface area contributed by atoms with Crippen LogP contribution in [0.2, 0.25) is 0 Å². The predicted molar refractivity (Wildman–Crippen MR) is 177 cm³/mol. The van der Waals surface area contributed by atoms with Crippen molar-refractivity contribution < 1.29 is 9.59 Å². The van der Waals surface area contributed by atoms with Crippen LogP contribution in [0.25, 0.3) is 0 Å². The molecule has 4 nitrogen and oxygen atoms in total. The van der Waals surface area contributed by atoms with Gasteiger partial charge in [0.15, 0.2) is 11.6 Å². The molecule has 0 aromatic heterocycles. The SMILES string of the molecule is C[C@H]1CC(=O)C=C2CC[C@@H]3[C@H]4CC/C(=N/N=C5/CC[C@H]6[C@@H]7CCC8=CC(=O)C[C@H](C)[C@]8(C)[C@H]7CC[C@]56C)[C@]4(C)CC[C@@H]3[C@]21C. The zero-order valence-electron chi connectivity index (χ0n) is 28.4. The molecule has 0 aromatic rings. The largest absolute Gasteiger partial charge is 0.295 e. The van der Waals surface area contributed by atoms with Crippen LogP contribution in [-0.2, 0) is 9.59 Å². The Kier molecular flexibility index (Phi) is 6.61. The summed E-state index contributed by atoms with van der Waals surface area (Å²) in [4.78, 5) is 24.9. The second-order valence-electron chi connectivity index (χ2n) is 18.0. The van der Waals surface area contributed by atoms with Crippen molar-refractivity contribution in [2.75, 3.05) is 0 Å².